The quantitative estimate of drug-likeness (QED) is 0.817. The lowest BCUT2D eigenvalue weighted by Gasteiger charge is -2.22. The maximum Gasteiger partial charge on any atom is 0.251 e. The second-order valence-corrected chi connectivity index (χ2v) is 6.61. The van der Waals surface area contributed by atoms with Gasteiger partial charge in [-0.2, -0.15) is 0 Å². The molecular formula is C20H21FN2O4. The number of benzene rings is 2. The van der Waals surface area contributed by atoms with Crippen molar-refractivity contribution in [2.45, 2.75) is 26.4 Å². The fourth-order valence-electron chi connectivity index (χ4n) is 2.71. The van der Waals surface area contributed by atoms with Gasteiger partial charge in [0, 0.05) is 12.1 Å². The van der Waals surface area contributed by atoms with E-state index in [1.807, 2.05) is 26.0 Å². The summed E-state index contributed by atoms with van der Waals surface area (Å²) in [6.45, 7) is 4.17. The zero-order valence-electron chi connectivity index (χ0n) is 15.1. The summed E-state index contributed by atoms with van der Waals surface area (Å²) in [6, 6.07) is 9.91. The molecular weight excluding hydrogens is 351 g/mol. The molecule has 0 aliphatic carbocycles. The van der Waals surface area contributed by atoms with Crippen LogP contribution in [0.4, 0.5) is 4.39 Å². The summed E-state index contributed by atoms with van der Waals surface area (Å²) in [7, 11) is 0. The molecule has 2 aromatic carbocycles. The molecule has 1 aliphatic heterocycles. The lowest BCUT2D eigenvalue weighted by Crippen LogP contribution is -2.49. The van der Waals surface area contributed by atoms with E-state index in [1.165, 1.54) is 24.3 Å². The molecule has 0 radical (unpaired) electrons. The first-order valence-corrected chi connectivity index (χ1v) is 8.66. The van der Waals surface area contributed by atoms with Crippen LogP contribution in [0.3, 0.4) is 0 Å². The highest BCUT2D eigenvalue weighted by Crippen LogP contribution is 2.32. The second kappa shape index (κ2) is 8.07. The van der Waals surface area contributed by atoms with Crippen LogP contribution in [-0.4, -0.2) is 24.6 Å². The largest absolute Gasteiger partial charge is 0.454 e. The molecule has 6 nitrogen and oxygen atoms in total. The lowest BCUT2D eigenvalue weighted by molar-refractivity contribution is -0.124. The van der Waals surface area contributed by atoms with E-state index in [4.69, 9.17) is 9.47 Å². The predicted octanol–water partition coefficient (Wildman–Crippen LogP) is 2.63. The molecule has 7 heteroatoms. The van der Waals surface area contributed by atoms with Crippen LogP contribution in [-0.2, 0) is 11.3 Å². The van der Waals surface area contributed by atoms with Crippen LogP contribution in [0.15, 0.2) is 42.5 Å². The molecule has 2 aromatic rings. The monoisotopic (exact) mass is 372 g/mol. The standard InChI is InChI=1S/C20H21FN2O4/c1-12(2)18(23-19(24)14-4-6-15(21)7-5-14)20(25)22-10-13-3-8-16-17(9-13)27-11-26-16/h3-9,12,18H,10-11H2,1-2H3,(H,22,25)(H,23,24)/t18-/m1/s1. The van der Waals surface area contributed by atoms with Crippen molar-refractivity contribution in [3.63, 3.8) is 0 Å². The van der Waals surface area contributed by atoms with Crippen molar-refractivity contribution in [2.24, 2.45) is 5.92 Å². The maximum absolute atomic E-state index is 13.0. The van der Waals surface area contributed by atoms with E-state index in [0.29, 0.717) is 23.6 Å². The van der Waals surface area contributed by atoms with E-state index in [9.17, 15) is 14.0 Å². The molecule has 2 N–H and O–H groups in total. The van der Waals surface area contributed by atoms with Crippen molar-refractivity contribution in [3.05, 3.63) is 59.4 Å². The molecule has 0 saturated heterocycles. The molecule has 1 atom stereocenters. The van der Waals surface area contributed by atoms with Gasteiger partial charge in [0.25, 0.3) is 5.91 Å². The molecule has 2 amide bonds. The number of carbonyl (C=O) groups is 2. The third-order valence-electron chi connectivity index (χ3n) is 4.25. The summed E-state index contributed by atoms with van der Waals surface area (Å²) < 4.78 is 23.6. The Balaban J connectivity index is 1.61. The third-order valence-corrected chi connectivity index (χ3v) is 4.25. The van der Waals surface area contributed by atoms with Gasteiger partial charge in [-0.15, -0.1) is 0 Å². The lowest BCUT2D eigenvalue weighted by atomic mass is 10.0. The summed E-state index contributed by atoms with van der Waals surface area (Å²) in [6.07, 6.45) is 0. The average molecular weight is 372 g/mol. The number of nitrogens with one attached hydrogen (secondary N) is 2. The van der Waals surface area contributed by atoms with Crippen LogP contribution in [0.25, 0.3) is 0 Å². The van der Waals surface area contributed by atoms with Crippen LogP contribution >= 0.6 is 0 Å². The SMILES string of the molecule is CC(C)[C@@H](NC(=O)c1ccc(F)cc1)C(=O)NCc1ccc2c(c1)OCO2. The Kier molecular flexibility index (Phi) is 5.59. The summed E-state index contributed by atoms with van der Waals surface area (Å²) in [4.78, 5) is 24.9. The number of carbonyl (C=O) groups excluding carboxylic acids is 2. The number of fused-ring (bicyclic) bond motifs is 1. The molecule has 0 fully saturated rings. The Morgan fingerprint density at radius 3 is 2.48 bits per heavy atom. The number of hydrogen-bond acceptors (Lipinski definition) is 4. The van der Waals surface area contributed by atoms with Crippen LogP contribution in [0.1, 0.15) is 29.8 Å². The highest BCUT2D eigenvalue weighted by Gasteiger charge is 2.24. The number of ether oxygens (including phenoxy) is 2. The molecule has 1 heterocycles. The van der Waals surface area contributed by atoms with E-state index < -0.39 is 17.8 Å². The van der Waals surface area contributed by atoms with Crippen molar-refractivity contribution < 1.29 is 23.5 Å². The van der Waals surface area contributed by atoms with Crippen molar-refractivity contribution in [1.29, 1.82) is 0 Å². The molecule has 0 aromatic heterocycles. The Morgan fingerprint density at radius 1 is 1.07 bits per heavy atom. The third kappa shape index (κ3) is 4.55. The molecule has 27 heavy (non-hydrogen) atoms. The van der Waals surface area contributed by atoms with Crippen LogP contribution in [0.2, 0.25) is 0 Å². The predicted molar refractivity (Wildman–Crippen MR) is 96.9 cm³/mol. The van der Waals surface area contributed by atoms with Gasteiger partial charge in [0.2, 0.25) is 12.7 Å². The zero-order chi connectivity index (χ0) is 19.4. The van der Waals surface area contributed by atoms with Gasteiger partial charge in [-0.25, -0.2) is 4.39 Å². The van der Waals surface area contributed by atoms with Gasteiger partial charge in [-0.05, 0) is 47.9 Å². The topological polar surface area (TPSA) is 76.7 Å². The van der Waals surface area contributed by atoms with Gasteiger partial charge in [0.05, 0.1) is 0 Å². The van der Waals surface area contributed by atoms with E-state index in [1.54, 1.807) is 6.07 Å². The minimum atomic E-state index is -0.712. The molecule has 0 saturated carbocycles. The molecule has 1 aliphatic rings. The van der Waals surface area contributed by atoms with E-state index >= 15 is 0 Å². The normalized spacial score (nSPS) is 13.3. The molecule has 0 bridgehead atoms. The molecule has 142 valence electrons. The summed E-state index contributed by atoms with van der Waals surface area (Å²) in [5.41, 5.74) is 1.16. The minimum Gasteiger partial charge on any atom is -0.454 e. The fraction of sp³-hybridized carbons (Fsp3) is 0.300. The van der Waals surface area contributed by atoms with Gasteiger partial charge >= 0.3 is 0 Å². The van der Waals surface area contributed by atoms with Gasteiger partial charge in [-0.1, -0.05) is 19.9 Å². The number of amides is 2. The van der Waals surface area contributed by atoms with Crippen LogP contribution in [0.5, 0.6) is 11.5 Å². The van der Waals surface area contributed by atoms with E-state index in [0.717, 1.165) is 5.56 Å². The average Bonchev–Trinajstić information content (AvgIpc) is 3.12. The maximum atomic E-state index is 13.0. The van der Waals surface area contributed by atoms with Crippen LogP contribution in [0, 0.1) is 11.7 Å². The summed E-state index contributed by atoms with van der Waals surface area (Å²) in [5, 5.41) is 5.54. The first-order chi connectivity index (χ1) is 12.9. The van der Waals surface area contributed by atoms with E-state index in [-0.39, 0.29) is 18.6 Å². The second-order valence-electron chi connectivity index (χ2n) is 6.61. The number of rotatable bonds is 6. The van der Waals surface area contributed by atoms with Crippen molar-refractivity contribution in [3.8, 4) is 11.5 Å². The van der Waals surface area contributed by atoms with Gasteiger partial charge in [-0.3, -0.25) is 9.59 Å². The van der Waals surface area contributed by atoms with Gasteiger partial charge in [0.1, 0.15) is 11.9 Å². The first kappa shape index (κ1) is 18.7. The van der Waals surface area contributed by atoms with Crippen molar-refractivity contribution in [1.82, 2.24) is 10.6 Å². The van der Waals surface area contributed by atoms with Crippen molar-refractivity contribution >= 4 is 11.8 Å². The molecule has 0 spiro atoms. The van der Waals surface area contributed by atoms with Gasteiger partial charge < -0.3 is 20.1 Å². The fourth-order valence-corrected chi connectivity index (χ4v) is 2.71. The Morgan fingerprint density at radius 2 is 1.78 bits per heavy atom. The van der Waals surface area contributed by atoms with Crippen molar-refractivity contribution in [2.75, 3.05) is 6.79 Å². The summed E-state index contributed by atoms with van der Waals surface area (Å²) >= 11 is 0. The Labute approximate surface area is 156 Å². The van der Waals surface area contributed by atoms with Gasteiger partial charge in [0.15, 0.2) is 11.5 Å². The number of hydrogen-bond donors (Lipinski definition) is 2. The van der Waals surface area contributed by atoms with E-state index in [2.05, 4.69) is 10.6 Å². The highest BCUT2D eigenvalue weighted by atomic mass is 19.1. The Hall–Kier alpha value is -3.09. The smallest absolute Gasteiger partial charge is 0.251 e. The summed E-state index contributed by atoms with van der Waals surface area (Å²) in [5.74, 6) is 0.0631. The van der Waals surface area contributed by atoms with Crippen LogP contribution < -0.4 is 20.1 Å². The molecule has 3 rings (SSSR count). The number of halogens is 1. The Bertz CT molecular complexity index is 836. The first-order valence-electron chi connectivity index (χ1n) is 8.66. The molecule has 0 unspecified atom stereocenters. The minimum absolute atomic E-state index is 0.119. The highest BCUT2D eigenvalue weighted by molar-refractivity contribution is 5.97. The zero-order valence-corrected chi connectivity index (χ0v) is 15.1.